The van der Waals surface area contributed by atoms with Gasteiger partial charge < -0.3 is 0 Å². The van der Waals surface area contributed by atoms with E-state index < -0.39 is 4.92 Å². The van der Waals surface area contributed by atoms with Crippen molar-refractivity contribution in [2.75, 3.05) is 0 Å². The highest BCUT2D eigenvalue weighted by atomic mass is 35.5. The number of rotatable bonds is 3. The second-order valence-electron chi connectivity index (χ2n) is 2.56. The van der Waals surface area contributed by atoms with Gasteiger partial charge in [-0.1, -0.05) is 23.8 Å². The molecule has 0 N–H and O–H groups in total. The first-order valence-corrected chi connectivity index (χ1v) is 4.18. The Bertz CT molecular complexity index is 286. The first kappa shape index (κ1) is 11.9. The van der Waals surface area contributed by atoms with Gasteiger partial charge in [-0.05, 0) is 26.3 Å². The van der Waals surface area contributed by atoms with Gasteiger partial charge in [0, 0.05) is 6.08 Å². The Morgan fingerprint density at radius 2 is 2.00 bits per heavy atom. The molecular formula is C9H12ClNO2. The third-order valence-corrected chi connectivity index (χ3v) is 1.54. The van der Waals surface area contributed by atoms with Crippen molar-refractivity contribution in [2.24, 2.45) is 0 Å². The first-order chi connectivity index (χ1) is 5.99. The zero-order valence-corrected chi connectivity index (χ0v) is 8.63. The van der Waals surface area contributed by atoms with Crippen molar-refractivity contribution >= 4 is 11.6 Å². The summed E-state index contributed by atoms with van der Waals surface area (Å²) >= 11 is 5.55. The lowest BCUT2D eigenvalue weighted by Gasteiger charge is -1.94. The molecule has 3 nitrogen and oxygen atoms in total. The number of halogens is 1. The van der Waals surface area contributed by atoms with E-state index in [0.29, 0.717) is 0 Å². The van der Waals surface area contributed by atoms with E-state index in [4.69, 9.17) is 11.6 Å². The summed E-state index contributed by atoms with van der Waals surface area (Å²) in [6.45, 7) is 5.13. The zero-order chi connectivity index (χ0) is 10.4. The van der Waals surface area contributed by atoms with Crippen LogP contribution in [0.3, 0.4) is 0 Å². The molecule has 0 saturated heterocycles. The predicted molar refractivity (Wildman–Crippen MR) is 54.1 cm³/mol. The Hall–Kier alpha value is -1.09. The van der Waals surface area contributed by atoms with Crippen LogP contribution in [0.25, 0.3) is 0 Å². The molecule has 0 aliphatic heterocycles. The lowest BCUT2D eigenvalue weighted by molar-refractivity contribution is -0.419. The molecule has 0 rings (SSSR count). The largest absolute Gasteiger partial charge is 0.283 e. The highest BCUT2D eigenvalue weighted by Crippen LogP contribution is 2.13. The van der Waals surface area contributed by atoms with Gasteiger partial charge in [0.15, 0.2) is 0 Å². The minimum atomic E-state index is -0.491. The van der Waals surface area contributed by atoms with Gasteiger partial charge >= 0.3 is 0 Å². The molecule has 0 spiro atoms. The van der Waals surface area contributed by atoms with E-state index >= 15 is 0 Å². The van der Waals surface area contributed by atoms with Gasteiger partial charge in [-0.3, -0.25) is 10.1 Å². The van der Waals surface area contributed by atoms with Gasteiger partial charge in [0.2, 0.25) is 0 Å². The maximum atomic E-state index is 10.5. The highest BCUT2D eigenvalue weighted by molar-refractivity contribution is 6.29. The van der Waals surface area contributed by atoms with Crippen LogP contribution in [0.15, 0.2) is 34.5 Å². The number of hydrogen-bond acceptors (Lipinski definition) is 2. The van der Waals surface area contributed by atoms with Crippen LogP contribution in [0, 0.1) is 10.1 Å². The molecule has 0 radical (unpaired) electrons. The maximum Gasteiger partial charge on any atom is 0.283 e. The smallest absolute Gasteiger partial charge is 0.258 e. The fourth-order valence-electron chi connectivity index (χ4n) is 0.805. The predicted octanol–water partition coefficient (Wildman–Crippen LogP) is 3.26. The molecule has 0 aromatic heterocycles. The lowest BCUT2D eigenvalue weighted by atomic mass is 10.2. The molecular weight excluding hydrogens is 190 g/mol. The molecule has 0 bridgehead atoms. The molecule has 4 heteroatoms. The van der Waals surface area contributed by atoms with E-state index in [1.807, 2.05) is 13.0 Å². The third kappa shape index (κ3) is 4.48. The minimum absolute atomic E-state index is 0.0581. The van der Waals surface area contributed by atoms with Crippen molar-refractivity contribution < 1.29 is 4.92 Å². The van der Waals surface area contributed by atoms with Crippen LogP contribution in [-0.4, -0.2) is 4.92 Å². The van der Waals surface area contributed by atoms with Crippen molar-refractivity contribution in [3.8, 4) is 0 Å². The zero-order valence-electron chi connectivity index (χ0n) is 7.87. The van der Waals surface area contributed by atoms with Gasteiger partial charge in [0.05, 0.1) is 9.96 Å². The van der Waals surface area contributed by atoms with Crippen LogP contribution in [0.1, 0.15) is 20.8 Å². The van der Waals surface area contributed by atoms with Crippen molar-refractivity contribution in [1.29, 1.82) is 0 Å². The summed E-state index contributed by atoms with van der Waals surface area (Å²) < 4.78 is 0. The van der Waals surface area contributed by atoms with Crippen molar-refractivity contribution in [2.45, 2.75) is 20.8 Å². The van der Waals surface area contributed by atoms with Crippen molar-refractivity contribution in [3.63, 3.8) is 0 Å². The Balaban J connectivity index is 4.94. The second kappa shape index (κ2) is 5.54. The summed E-state index contributed by atoms with van der Waals surface area (Å²) in [6.07, 6.45) is 5.04. The Kier molecular flexibility index (Phi) is 5.07. The highest BCUT2D eigenvalue weighted by Gasteiger charge is 2.10. The normalized spacial score (nSPS) is 14.6. The second-order valence-corrected chi connectivity index (χ2v) is 3.13. The van der Waals surface area contributed by atoms with Gasteiger partial charge in [0.25, 0.3) is 5.70 Å². The minimum Gasteiger partial charge on any atom is -0.258 e. The SMILES string of the molecule is C\C=C/C(C)=C\C(=C(/C)Cl)[N+](=O)[O-]. The van der Waals surface area contributed by atoms with Crippen LogP contribution < -0.4 is 0 Å². The van der Waals surface area contributed by atoms with Crippen LogP contribution in [0.2, 0.25) is 0 Å². The van der Waals surface area contributed by atoms with E-state index in [1.54, 1.807) is 13.0 Å². The fourth-order valence-corrected chi connectivity index (χ4v) is 0.928. The standard InChI is InChI=1S/C9H12ClNO2/c1-4-5-7(2)6-9(8(3)10)11(12)13/h4-6H,1-3H3/b5-4-,7-6-,9-8-. The monoisotopic (exact) mass is 201 g/mol. The van der Waals surface area contributed by atoms with Gasteiger partial charge in [-0.25, -0.2) is 0 Å². The quantitative estimate of drug-likeness (QED) is 0.400. The molecule has 72 valence electrons. The number of nitrogens with zero attached hydrogens (tertiary/aromatic N) is 1. The number of nitro groups is 1. The summed E-state index contributed by atoms with van der Waals surface area (Å²) in [4.78, 5) is 9.98. The molecule has 0 aliphatic carbocycles. The number of allylic oxidation sites excluding steroid dienone is 5. The molecule has 13 heavy (non-hydrogen) atoms. The molecule has 0 unspecified atom stereocenters. The van der Waals surface area contributed by atoms with Gasteiger partial charge in [0.1, 0.15) is 0 Å². The van der Waals surface area contributed by atoms with Crippen molar-refractivity contribution in [3.05, 3.63) is 44.6 Å². The summed E-state index contributed by atoms with van der Waals surface area (Å²) in [5.74, 6) is 0. The van der Waals surface area contributed by atoms with Crippen LogP contribution in [0.4, 0.5) is 0 Å². The molecule has 0 aliphatic rings. The molecule has 0 aromatic rings. The van der Waals surface area contributed by atoms with Gasteiger partial charge in [-0.2, -0.15) is 0 Å². The topological polar surface area (TPSA) is 43.1 Å². The molecule has 0 atom stereocenters. The summed E-state index contributed by atoms with van der Waals surface area (Å²) in [5.41, 5.74) is 0.742. The molecule has 0 aromatic carbocycles. The average molecular weight is 202 g/mol. The van der Waals surface area contributed by atoms with Crippen molar-refractivity contribution in [1.82, 2.24) is 0 Å². The van der Waals surface area contributed by atoms with E-state index in [9.17, 15) is 10.1 Å². The average Bonchev–Trinajstić information content (AvgIpc) is 1.99. The summed E-state index contributed by atoms with van der Waals surface area (Å²) in [6, 6.07) is 0. The molecule has 0 saturated carbocycles. The Labute approximate surface area is 82.5 Å². The van der Waals surface area contributed by atoms with Crippen LogP contribution in [-0.2, 0) is 0 Å². The summed E-state index contributed by atoms with van der Waals surface area (Å²) in [7, 11) is 0. The molecule has 0 amide bonds. The Morgan fingerprint density at radius 1 is 1.46 bits per heavy atom. The fraction of sp³-hybridized carbons (Fsp3) is 0.333. The van der Waals surface area contributed by atoms with E-state index in [0.717, 1.165) is 5.57 Å². The van der Waals surface area contributed by atoms with E-state index in [1.165, 1.54) is 13.0 Å². The maximum absolute atomic E-state index is 10.5. The van der Waals surface area contributed by atoms with E-state index in [2.05, 4.69) is 0 Å². The van der Waals surface area contributed by atoms with E-state index in [-0.39, 0.29) is 10.7 Å². The Morgan fingerprint density at radius 3 is 2.31 bits per heavy atom. The molecule has 0 fully saturated rings. The first-order valence-electron chi connectivity index (χ1n) is 3.80. The third-order valence-electron chi connectivity index (χ3n) is 1.34. The van der Waals surface area contributed by atoms with Crippen LogP contribution in [0.5, 0.6) is 0 Å². The summed E-state index contributed by atoms with van der Waals surface area (Å²) in [5, 5.41) is 10.7. The molecule has 0 heterocycles. The van der Waals surface area contributed by atoms with Gasteiger partial charge in [-0.15, -0.1) is 0 Å². The lowest BCUT2D eigenvalue weighted by Crippen LogP contribution is -1.97. The number of hydrogen-bond donors (Lipinski definition) is 0. The van der Waals surface area contributed by atoms with Crippen LogP contribution >= 0.6 is 11.6 Å².